The Labute approximate surface area is 104 Å². The van der Waals surface area contributed by atoms with Gasteiger partial charge in [-0.25, -0.2) is 0 Å². The average Bonchev–Trinajstić information content (AvgIpc) is 2.35. The standard InChI is InChI=1S/C15H23NO/c1-2-3-4-10-16-13-8-9-14-12(11-13)6-5-7-15(14)17/h5-7,13,16-17H,2-4,8-11H2,1H3. The molecule has 2 rings (SSSR count). The summed E-state index contributed by atoms with van der Waals surface area (Å²) in [5, 5.41) is 13.4. The summed E-state index contributed by atoms with van der Waals surface area (Å²) in [5.74, 6) is 0.479. The van der Waals surface area contributed by atoms with Gasteiger partial charge in [0.25, 0.3) is 0 Å². The molecule has 1 aliphatic carbocycles. The minimum atomic E-state index is 0.479. The van der Waals surface area contributed by atoms with Crippen LogP contribution in [0, 0.1) is 0 Å². The maximum Gasteiger partial charge on any atom is 0.119 e. The van der Waals surface area contributed by atoms with E-state index in [-0.39, 0.29) is 0 Å². The Morgan fingerprint density at radius 2 is 2.24 bits per heavy atom. The van der Waals surface area contributed by atoms with Gasteiger partial charge in [0.05, 0.1) is 0 Å². The summed E-state index contributed by atoms with van der Waals surface area (Å²) in [7, 11) is 0. The Bertz CT molecular complexity index is 362. The number of phenols is 1. The van der Waals surface area contributed by atoms with Crippen molar-refractivity contribution in [3.63, 3.8) is 0 Å². The number of fused-ring (bicyclic) bond motifs is 1. The molecule has 0 aromatic heterocycles. The molecule has 2 heteroatoms. The maximum absolute atomic E-state index is 9.77. The highest BCUT2D eigenvalue weighted by molar-refractivity contribution is 5.41. The van der Waals surface area contributed by atoms with Crippen molar-refractivity contribution < 1.29 is 5.11 Å². The Morgan fingerprint density at radius 3 is 3.06 bits per heavy atom. The molecule has 1 aliphatic rings. The molecule has 2 N–H and O–H groups in total. The number of rotatable bonds is 5. The minimum Gasteiger partial charge on any atom is -0.508 e. The number of phenolic OH excluding ortho intramolecular Hbond substituents is 1. The molecule has 1 aromatic carbocycles. The third kappa shape index (κ3) is 3.22. The molecule has 2 nitrogen and oxygen atoms in total. The monoisotopic (exact) mass is 233 g/mol. The Kier molecular flexibility index (Phi) is 4.43. The van der Waals surface area contributed by atoms with Crippen LogP contribution in [-0.2, 0) is 12.8 Å². The topological polar surface area (TPSA) is 32.3 Å². The third-order valence-corrected chi connectivity index (χ3v) is 3.67. The van der Waals surface area contributed by atoms with Crippen LogP contribution in [0.3, 0.4) is 0 Å². The zero-order valence-corrected chi connectivity index (χ0v) is 10.7. The van der Waals surface area contributed by atoms with E-state index in [2.05, 4.69) is 18.3 Å². The van der Waals surface area contributed by atoms with E-state index in [1.165, 1.54) is 30.4 Å². The van der Waals surface area contributed by atoms with Gasteiger partial charge in [0.15, 0.2) is 0 Å². The average molecular weight is 233 g/mol. The number of aromatic hydroxyl groups is 1. The lowest BCUT2D eigenvalue weighted by molar-refractivity contribution is 0.427. The van der Waals surface area contributed by atoms with Crippen molar-refractivity contribution in [2.24, 2.45) is 0 Å². The molecular weight excluding hydrogens is 210 g/mol. The fourth-order valence-corrected chi connectivity index (χ4v) is 2.64. The van der Waals surface area contributed by atoms with E-state index in [9.17, 15) is 5.11 Å². The van der Waals surface area contributed by atoms with Gasteiger partial charge in [0.2, 0.25) is 0 Å². The summed E-state index contributed by atoms with van der Waals surface area (Å²) in [6.45, 7) is 3.37. The van der Waals surface area contributed by atoms with E-state index < -0.39 is 0 Å². The molecule has 0 heterocycles. The summed E-state index contributed by atoms with van der Waals surface area (Å²) in [6, 6.07) is 6.50. The van der Waals surface area contributed by atoms with Crippen molar-refractivity contribution in [2.45, 2.75) is 51.5 Å². The molecule has 0 radical (unpaired) electrons. The zero-order chi connectivity index (χ0) is 12.1. The molecule has 0 spiro atoms. The summed E-state index contributed by atoms with van der Waals surface area (Å²) >= 11 is 0. The molecule has 0 aliphatic heterocycles. The van der Waals surface area contributed by atoms with Crippen molar-refractivity contribution in [3.8, 4) is 5.75 Å². The number of hydrogen-bond donors (Lipinski definition) is 2. The van der Waals surface area contributed by atoms with Gasteiger partial charge in [-0.15, -0.1) is 0 Å². The molecule has 0 bridgehead atoms. The van der Waals surface area contributed by atoms with Gasteiger partial charge in [-0.05, 0) is 49.4 Å². The molecule has 0 saturated carbocycles. The van der Waals surface area contributed by atoms with E-state index >= 15 is 0 Å². The lowest BCUT2D eigenvalue weighted by atomic mass is 9.87. The van der Waals surface area contributed by atoms with Crippen LogP contribution in [0.15, 0.2) is 18.2 Å². The van der Waals surface area contributed by atoms with Crippen molar-refractivity contribution in [1.29, 1.82) is 0 Å². The molecule has 0 fully saturated rings. The van der Waals surface area contributed by atoms with Crippen molar-refractivity contribution in [3.05, 3.63) is 29.3 Å². The van der Waals surface area contributed by atoms with Crippen LogP contribution < -0.4 is 5.32 Å². The molecule has 0 amide bonds. The van der Waals surface area contributed by atoms with E-state index in [0.29, 0.717) is 11.8 Å². The second-order valence-electron chi connectivity index (χ2n) is 5.02. The van der Waals surface area contributed by atoms with E-state index in [1.807, 2.05) is 6.07 Å². The summed E-state index contributed by atoms with van der Waals surface area (Å²) in [5.41, 5.74) is 2.49. The van der Waals surface area contributed by atoms with Crippen LogP contribution >= 0.6 is 0 Å². The number of hydrogen-bond acceptors (Lipinski definition) is 2. The van der Waals surface area contributed by atoms with Crippen molar-refractivity contribution in [1.82, 2.24) is 5.32 Å². The molecule has 0 saturated heterocycles. The highest BCUT2D eigenvalue weighted by Crippen LogP contribution is 2.28. The van der Waals surface area contributed by atoms with Crippen molar-refractivity contribution in [2.75, 3.05) is 6.54 Å². The molecule has 1 aromatic rings. The Morgan fingerprint density at radius 1 is 1.35 bits per heavy atom. The smallest absolute Gasteiger partial charge is 0.119 e. The molecular formula is C15H23NO. The highest BCUT2D eigenvalue weighted by Gasteiger charge is 2.19. The third-order valence-electron chi connectivity index (χ3n) is 3.67. The van der Waals surface area contributed by atoms with Crippen LogP contribution in [0.25, 0.3) is 0 Å². The van der Waals surface area contributed by atoms with Crippen molar-refractivity contribution >= 4 is 0 Å². The van der Waals surface area contributed by atoms with Gasteiger partial charge in [0, 0.05) is 6.04 Å². The fourth-order valence-electron chi connectivity index (χ4n) is 2.64. The van der Waals surface area contributed by atoms with Gasteiger partial charge in [-0.3, -0.25) is 0 Å². The Hall–Kier alpha value is -1.02. The lowest BCUT2D eigenvalue weighted by Crippen LogP contribution is -2.35. The lowest BCUT2D eigenvalue weighted by Gasteiger charge is -2.26. The normalized spacial score (nSPS) is 19.0. The molecule has 94 valence electrons. The van der Waals surface area contributed by atoms with Gasteiger partial charge >= 0.3 is 0 Å². The van der Waals surface area contributed by atoms with Crippen LogP contribution in [-0.4, -0.2) is 17.7 Å². The SMILES string of the molecule is CCCCCNC1CCc2c(O)cccc2C1. The predicted molar refractivity (Wildman–Crippen MR) is 71.4 cm³/mol. The zero-order valence-electron chi connectivity index (χ0n) is 10.7. The van der Waals surface area contributed by atoms with Crippen LogP contribution in [0.1, 0.15) is 43.7 Å². The second kappa shape index (κ2) is 6.06. The van der Waals surface area contributed by atoms with Gasteiger partial charge in [-0.1, -0.05) is 31.9 Å². The largest absolute Gasteiger partial charge is 0.508 e. The van der Waals surface area contributed by atoms with Crippen LogP contribution in [0.5, 0.6) is 5.75 Å². The first-order valence-corrected chi connectivity index (χ1v) is 6.84. The van der Waals surface area contributed by atoms with Gasteiger partial charge < -0.3 is 10.4 Å². The predicted octanol–water partition coefficient (Wildman–Crippen LogP) is 3.03. The number of benzene rings is 1. The first-order valence-electron chi connectivity index (χ1n) is 6.84. The fraction of sp³-hybridized carbons (Fsp3) is 0.600. The Balaban J connectivity index is 1.86. The van der Waals surface area contributed by atoms with Crippen LogP contribution in [0.2, 0.25) is 0 Å². The molecule has 17 heavy (non-hydrogen) atoms. The number of unbranched alkanes of at least 4 members (excludes halogenated alkanes) is 2. The van der Waals surface area contributed by atoms with Gasteiger partial charge in [-0.2, -0.15) is 0 Å². The second-order valence-corrected chi connectivity index (χ2v) is 5.02. The van der Waals surface area contributed by atoms with Gasteiger partial charge in [0.1, 0.15) is 5.75 Å². The van der Waals surface area contributed by atoms with Crippen LogP contribution in [0.4, 0.5) is 0 Å². The molecule has 1 unspecified atom stereocenters. The molecule has 1 atom stereocenters. The minimum absolute atomic E-state index is 0.479. The van der Waals surface area contributed by atoms with E-state index in [4.69, 9.17) is 0 Å². The summed E-state index contributed by atoms with van der Waals surface area (Å²) in [4.78, 5) is 0. The quantitative estimate of drug-likeness (QED) is 0.766. The maximum atomic E-state index is 9.77. The first kappa shape index (κ1) is 12.4. The number of nitrogens with one attached hydrogen (secondary N) is 1. The van der Waals surface area contributed by atoms with E-state index in [1.54, 1.807) is 6.07 Å². The highest BCUT2D eigenvalue weighted by atomic mass is 16.3. The summed E-state index contributed by atoms with van der Waals surface area (Å²) in [6.07, 6.45) is 7.10. The first-order chi connectivity index (χ1) is 8.31. The van der Waals surface area contributed by atoms with E-state index in [0.717, 1.165) is 25.8 Å². The summed E-state index contributed by atoms with van der Waals surface area (Å²) < 4.78 is 0.